The van der Waals surface area contributed by atoms with Gasteiger partial charge in [-0.3, -0.25) is 0 Å². The van der Waals surface area contributed by atoms with Crippen molar-refractivity contribution in [3.8, 4) is 0 Å². The van der Waals surface area contributed by atoms with Crippen LogP contribution in [0.4, 0.5) is 11.8 Å². The van der Waals surface area contributed by atoms with Gasteiger partial charge in [0.2, 0.25) is 5.95 Å². The van der Waals surface area contributed by atoms with Gasteiger partial charge in [0.1, 0.15) is 5.52 Å². The van der Waals surface area contributed by atoms with Crippen LogP contribution in [0.3, 0.4) is 0 Å². The molecule has 6 heteroatoms. The summed E-state index contributed by atoms with van der Waals surface area (Å²) in [5, 5.41) is 6.85. The summed E-state index contributed by atoms with van der Waals surface area (Å²) in [7, 11) is 0. The van der Waals surface area contributed by atoms with E-state index < -0.39 is 0 Å². The Bertz CT molecular complexity index is 607. The first-order valence-corrected chi connectivity index (χ1v) is 7.90. The molecule has 1 aliphatic carbocycles. The first kappa shape index (κ1) is 14.1. The number of aromatic nitrogens is 4. The number of rotatable bonds is 5. The molecule has 1 fully saturated rings. The number of imidazole rings is 1. The summed E-state index contributed by atoms with van der Waals surface area (Å²) >= 11 is 0. The molecule has 2 aromatic heterocycles. The normalized spacial score (nSPS) is 25.4. The Hall–Kier alpha value is -1.85. The molecule has 2 aromatic rings. The minimum Gasteiger partial charge on any atom is -0.365 e. The zero-order valence-electron chi connectivity index (χ0n) is 13.0. The van der Waals surface area contributed by atoms with Gasteiger partial charge in [0, 0.05) is 12.6 Å². The van der Waals surface area contributed by atoms with E-state index in [4.69, 9.17) is 0 Å². The molecule has 3 atom stereocenters. The molecule has 0 bridgehead atoms. The van der Waals surface area contributed by atoms with Crippen molar-refractivity contribution in [1.82, 2.24) is 19.9 Å². The molecule has 1 saturated carbocycles. The highest BCUT2D eigenvalue weighted by molar-refractivity contribution is 5.83. The van der Waals surface area contributed by atoms with Gasteiger partial charge in [-0.25, -0.2) is 4.98 Å². The standard InChI is InChI=1S/C15H24N6/c1-4-7-16-15-20-13-12(17-8-18-13)14(21-15)19-11-6-5-9(2)10(11)3/h8-11H,4-7H2,1-3H3,(H3,16,17,18,19,20,21). The molecule has 3 rings (SSSR count). The Balaban J connectivity index is 1.87. The molecule has 0 saturated heterocycles. The van der Waals surface area contributed by atoms with E-state index in [2.05, 4.69) is 51.3 Å². The average Bonchev–Trinajstić information content (AvgIpc) is 3.07. The fourth-order valence-electron chi connectivity index (χ4n) is 3.00. The SMILES string of the molecule is CCCNc1nc(NC2CCC(C)C2C)c2[nH]cnc2n1. The molecular formula is C15H24N6. The van der Waals surface area contributed by atoms with Gasteiger partial charge in [-0.15, -0.1) is 0 Å². The molecule has 0 aliphatic heterocycles. The van der Waals surface area contributed by atoms with Crippen LogP contribution in [-0.4, -0.2) is 32.5 Å². The van der Waals surface area contributed by atoms with Crippen LogP contribution in [0.1, 0.15) is 40.0 Å². The lowest BCUT2D eigenvalue weighted by atomic mass is 9.98. The molecule has 0 radical (unpaired) electrons. The molecule has 3 unspecified atom stereocenters. The van der Waals surface area contributed by atoms with Crippen molar-refractivity contribution in [1.29, 1.82) is 0 Å². The van der Waals surface area contributed by atoms with Gasteiger partial charge in [0.05, 0.1) is 6.33 Å². The Morgan fingerprint density at radius 3 is 2.86 bits per heavy atom. The smallest absolute Gasteiger partial charge is 0.226 e. The predicted molar refractivity (Wildman–Crippen MR) is 85.4 cm³/mol. The molecule has 2 heterocycles. The van der Waals surface area contributed by atoms with Crippen molar-refractivity contribution < 1.29 is 0 Å². The predicted octanol–water partition coefficient (Wildman–Crippen LogP) is 3.02. The van der Waals surface area contributed by atoms with Gasteiger partial charge in [-0.2, -0.15) is 9.97 Å². The van der Waals surface area contributed by atoms with Crippen LogP contribution in [0.25, 0.3) is 11.2 Å². The van der Waals surface area contributed by atoms with Crippen LogP contribution >= 0.6 is 0 Å². The maximum absolute atomic E-state index is 4.63. The van der Waals surface area contributed by atoms with Crippen LogP contribution < -0.4 is 10.6 Å². The topological polar surface area (TPSA) is 78.5 Å². The first-order valence-electron chi connectivity index (χ1n) is 7.90. The van der Waals surface area contributed by atoms with E-state index in [-0.39, 0.29) is 0 Å². The second-order valence-electron chi connectivity index (χ2n) is 6.09. The Kier molecular flexibility index (Phi) is 3.94. The van der Waals surface area contributed by atoms with Crippen molar-refractivity contribution in [2.45, 2.75) is 46.1 Å². The van der Waals surface area contributed by atoms with Crippen LogP contribution in [0.2, 0.25) is 0 Å². The monoisotopic (exact) mass is 288 g/mol. The molecule has 3 N–H and O–H groups in total. The molecule has 1 aliphatic rings. The summed E-state index contributed by atoms with van der Waals surface area (Å²) in [4.78, 5) is 16.5. The van der Waals surface area contributed by atoms with Gasteiger partial charge in [0.25, 0.3) is 0 Å². The maximum Gasteiger partial charge on any atom is 0.226 e. The zero-order chi connectivity index (χ0) is 14.8. The van der Waals surface area contributed by atoms with Gasteiger partial charge < -0.3 is 15.6 Å². The molecule has 0 aromatic carbocycles. The molecule has 114 valence electrons. The van der Waals surface area contributed by atoms with Crippen LogP contribution in [-0.2, 0) is 0 Å². The number of aromatic amines is 1. The summed E-state index contributed by atoms with van der Waals surface area (Å²) in [6.45, 7) is 7.64. The lowest BCUT2D eigenvalue weighted by Gasteiger charge is -2.20. The average molecular weight is 288 g/mol. The Morgan fingerprint density at radius 1 is 1.29 bits per heavy atom. The van der Waals surface area contributed by atoms with Crippen LogP contribution in [0.15, 0.2) is 6.33 Å². The third kappa shape index (κ3) is 2.80. The second kappa shape index (κ2) is 5.87. The van der Waals surface area contributed by atoms with Crippen molar-refractivity contribution in [3.63, 3.8) is 0 Å². The third-order valence-corrected chi connectivity index (χ3v) is 4.61. The fourth-order valence-corrected chi connectivity index (χ4v) is 3.00. The van der Waals surface area contributed by atoms with Crippen molar-refractivity contribution in [2.75, 3.05) is 17.2 Å². The third-order valence-electron chi connectivity index (χ3n) is 4.61. The van der Waals surface area contributed by atoms with E-state index in [1.165, 1.54) is 12.8 Å². The molecule has 0 amide bonds. The van der Waals surface area contributed by atoms with Crippen molar-refractivity contribution in [2.24, 2.45) is 11.8 Å². The van der Waals surface area contributed by atoms with Gasteiger partial charge in [-0.05, 0) is 31.1 Å². The highest BCUT2D eigenvalue weighted by atomic mass is 15.2. The number of fused-ring (bicyclic) bond motifs is 1. The number of nitrogens with zero attached hydrogens (tertiary/aromatic N) is 3. The van der Waals surface area contributed by atoms with Gasteiger partial charge >= 0.3 is 0 Å². The molecule has 6 nitrogen and oxygen atoms in total. The van der Waals surface area contributed by atoms with Crippen LogP contribution in [0.5, 0.6) is 0 Å². The molecular weight excluding hydrogens is 264 g/mol. The molecule has 21 heavy (non-hydrogen) atoms. The van der Waals surface area contributed by atoms with E-state index in [0.717, 1.165) is 30.2 Å². The molecule has 0 spiro atoms. The van der Waals surface area contributed by atoms with Crippen LogP contribution in [0, 0.1) is 11.8 Å². The highest BCUT2D eigenvalue weighted by Crippen LogP contribution is 2.34. The number of nitrogens with one attached hydrogen (secondary N) is 3. The summed E-state index contributed by atoms with van der Waals surface area (Å²) in [6, 6.07) is 0.473. The zero-order valence-corrected chi connectivity index (χ0v) is 13.0. The fraction of sp³-hybridized carbons (Fsp3) is 0.667. The van der Waals surface area contributed by atoms with E-state index in [1.807, 2.05) is 0 Å². The lowest BCUT2D eigenvalue weighted by molar-refractivity contribution is 0.435. The quantitative estimate of drug-likeness (QED) is 0.788. The Labute approximate surface area is 125 Å². The number of hydrogen-bond donors (Lipinski definition) is 3. The number of anilines is 2. The van der Waals surface area contributed by atoms with E-state index in [9.17, 15) is 0 Å². The minimum atomic E-state index is 0.473. The van der Waals surface area contributed by atoms with Gasteiger partial charge in [-0.1, -0.05) is 20.8 Å². The summed E-state index contributed by atoms with van der Waals surface area (Å²) in [5.41, 5.74) is 1.61. The van der Waals surface area contributed by atoms with Gasteiger partial charge in [0.15, 0.2) is 11.5 Å². The largest absolute Gasteiger partial charge is 0.365 e. The summed E-state index contributed by atoms with van der Waals surface area (Å²) < 4.78 is 0. The summed E-state index contributed by atoms with van der Waals surface area (Å²) in [5.74, 6) is 2.93. The number of H-pyrrole nitrogens is 1. The first-order chi connectivity index (χ1) is 10.2. The maximum atomic E-state index is 4.63. The Morgan fingerprint density at radius 2 is 2.14 bits per heavy atom. The highest BCUT2D eigenvalue weighted by Gasteiger charge is 2.30. The summed E-state index contributed by atoms with van der Waals surface area (Å²) in [6.07, 6.45) is 5.19. The van der Waals surface area contributed by atoms with E-state index in [1.54, 1.807) is 6.33 Å². The van der Waals surface area contributed by atoms with E-state index >= 15 is 0 Å². The van der Waals surface area contributed by atoms with E-state index in [0.29, 0.717) is 23.6 Å². The van der Waals surface area contributed by atoms with Crippen molar-refractivity contribution >= 4 is 22.9 Å². The lowest BCUT2D eigenvalue weighted by Crippen LogP contribution is -2.25. The van der Waals surface area contributed by atoms with Crippen molar-refractivity contribution in [3.05, 3.63) is 6.33 Å². The second-order valence-corrected chi connectivity index (χ2v) is 6.09. The minimum absolute atomic E-state index is 0.473. The number of hydrogen-bond acceptors (Lipinski definition) is 5.